The van der Waals surface area contributed by atoms with Crippen molar-refractivity contribution in [3.05, 3.63) is 141 Å². The lowest BCUT2D eigenvalue weighted by atomic mass is 9.80. The molecule has 10 heteroatoms. The molecule has 2 heterocycles. The fourth-order valence-corrected chi connectivity index (χ4v) is 5.80. The summed E-state index contributed by atoms with van der Waals surface area (Å²) in [5.74, 6) is 1.44. The second kappa shape index (κ2) is 15.9. The summed E-state index contributed by atoms with van der Waals surface area (Å²) in [4.78, 5) is 27.3. The van der Waals surface area contributed by atoms with Crippen LogP contribution in [-0.4, -0.2) is 56.0 Å². The summed E-state index contributed by atoms with van der Waals surface area (Å²) in [6.07, 6.45) is 3.64. The van der Waals surface area contributed by atoms with Crippen LogP contribution in [0.25, 0.3) is 0 Å². The van der Waals surface area contributed by atoms with Crippen LogP contribution < -0.4 is 20.7 Å². The first-order valence-corrected chi connectivity index (χ1v) is 15.7. The molecule has 0 spiro atoms. The van der Waals surface area contributed by atoms with E-state index in [0.29, 0.717) is 18.6 Å². The normalized spacial score (nSPS) is 17.8. The van der Waals surface area contributed by atoms with Gasteiger partial charge in [0.2, 0.25) is 0 Å². The third-order valence-corrected chi connectivity index (χ3v) is 8.34. The minimum Gasteiger partial charge on any atom is -0.497 e. The van der Waals surface area contributed by atoms with Gasteiger partial charge in [-0.15, -0.1) is 6.58 Å². The number of allylic oxidation sites excluding steroid dienone is 1. The van der Waals surface area contributed by atoms with Gasteiger partial charge in [-0.3, -0.25) is 14.3 Å². The Morgan fingerprint density at radius 3 is 2.15 bits per heavy atom. The standard InChI is InChI=1S/C37H42N2O8/c1-5-6-10-21-44-25-45-32-22-34(39-23-26(2)35(40)38-36(39)41)47-33(32)24-46-37(27-11-8-7-9-12-27,28-13-17-30(42-3)18-14-28)29-15-19-31(43-4)20-16-29/h5,7-9,11-20,23,32-34H,1,6,10,21-22,24-25H2,2-4H3,(H,38,40,41)/t32-,33+,34+/m0/s1. The first-order valence-electron chi connectivity index (χ1n) is 15.7. The lowest BCUT2D eigenvalue weighted by Gasteiger charge is -2.37. The predicted octanol–water partition coefficient (Wildman–Crippen LogP) is 5.48. The molecular formula is C37H42N2O8. The van der Waals surface area contributed by atoms with Gasteiger partial charge in [0.15, 0.2) is 0 Å². The molecule has 0 saturated carbocycles. The van der Waals surface area contributed by atoms with Crippen molar-refractivity contribution in [2.75, 3.05) is 34.2 Å². The number of aromatic nitrogens is 2. The van der Waals surface area contributed by atoms with E-state index in [4.69, 9.17) is 28.4 Å². The molecule has 10 nitrogen and oxygen atoms in total. The fourth-order valence-electron chi connectivity index (χ4n) is 5.80. The molecule has 1 N–H and O–H groups in total. The number of nitrogens with zero attached hydrogens (tertiary/aromatic N) is 1. The lowest BCUT2D eigenvalue weighted by Crippen LogP contribution is -2.39. The number of benzene rings is 3. The van der Waals surface area contributed by atoms with Crippen molar-refractivity contribution in [2.24, 2.45) is 0 Å². The number of hydrogen-bond acceptors (Lipinski definition) is 8. The Kier molecular flexibility index (Phi) is 11.4. The summed E-state index contributed by atoms with van der Waals surface area (Å²) in [5, 5.41) is 0. The number of rotatable bonds is 16. The summed E-state index contributed by atoms with van der Waals surface area (Å²) in [7, 11) is 3.26. The van der Waals surface area contributed by atoms with Gasteiger partial charge in [-0.2, -0.15) is 0 Å². The number of aryl methyl sites for hydroxylation is 1. The van der Waals surface area contributed by atoms with Gasteiger partial charge in [0.05, 0.1) is 26.9 Å². The van der Waals surface area contributed by atoms with Crippen molar-refractivity contribution in [1.82, 2.24) is 9.55 Å². The average molecular weight is 643 g/mol. The number of ether oxygens (including phenoxy) is 6. The Hall–Kier alpha value is -4.48. The third-order valence-electron chi connectivity index (χ3n) is 8.34. The zero-order valence-corrected chi connectivity index (χ0v) is 27.1. The molecule has 0 unspecified atom stereocenters. The minimum atomic E-state index is -1.07. The monoisotopic (exact) mass is 642 g/mol. The molecule has 4 aromatic rings. The van der Waals surface area contributed by atoms with E-state index in [0.717, 1.165) is 41.0 Å². The van der Waals surface area contributed by atoms with E-state index in [2.05, 4.69) is 11.6 Å². The van der Waals surface area contributed by atoms with Crippen LogP contribution in [0.4, 0.5) is 0 Å². The maximum Gasteiger partial charge on any atom is 0.330 e. The Morgan fingerprint density at radius 2 is 1.55 bits per heavy atom. The van der Waals surface area contributed by atoms with Gasteiger partial charge in [-0.1, -0.05) is 60.7 Å². The van der Waals surface area contributed by atoms with E-state index in [-0.39, 0.29) is 13.4 Å². The number of hydrogen-bond donors (Lipinski definition) is 1. The van der Waals surface area contributed by atoms with Gasteiger partial charge in [-0.05, 0) is 60.7 Å². The molecule has 5 rings (SSSR count). The highest BCUT2D eigenvalue weighted by molar-refractivity contribution is 5.49. The van der Waals surface area contributed by atoms with Gasteiger partial charge in [0.25, 0.3) is 5.56 Å². The van der Waals surface area contributed by atoms with Gasteiger partial charge >= 0.3 is 5.69 Å². The van der Waals surface area contributed by atoms with Crippen molar-refractivity contribution in [3.63, 3.8) is 0 Å². The Labute approximate surface area is 274 Å². The topological polar surface area (TPSA) is 110 Å². The zero-order valence-electron chi connectivity index (χ0n) is 27.1. The van der Waals surface area contributed by atoms with Crippen LogP contribution >= 0.6 is 0 Å². The van der Waals surface area contributed by atoms with E-state index in [1.165, 1.54) is 10.8 Å². The van der Waals surface area contributed by atoms with Crippen LogP contribution in [0.15, 0.2) is 107 Å². The number of methoxy groups -OCH3 is 2. The molecule has 1 aliphatic heterocycles. The molecule has 47 heavy (non-hydrogen) atoms. The highest BCUT2D eigenvalue weighted by atomic mass is 16.7. The number of H-pyrrole nitrogens is 1. The van der Waals surface area contributed by atoms with E-state index in [1.807, 2.05) is 84.9 Å². The van der Waals surface area contributed by atoms with Crippen molar-refractivity contribution in [1.29, 1.82) is 0 Å². The molecule has 3 aromatic carbocycles. The summed E-state index contributed by atoms with van der Waals surface area (Å²) in [6.45, 7) is 6.07. The Balaban J connectivity index is 1.51. The first-order chi connectivity index (χ1) is 22.9. The smallest absolute Gasteiger partial charge is 0.330 e. The van der Waals surface area contributed by atoms with Crippen LogP contribution in [0.1, 0.15) is 47.7 Å². The van der Waals surface area contributed by atoms with Crippen LogP contribution in [0.2, 0.25) is 0 Å². The van der Waals surface area contributed by atoms with Gasteiger partial charge < -0.3 is 28.4 Å². The molecule has 1 aliphatic rings. The molecule has 1 fully saturated rings. The summed E-state index contributed by atoms with van der Waals surface area (Å²) in [6, 6.07) is 25.5. The Bertz CT molecular complexity index is 1650. The Morgan fingerprint density at radius 1 is 0.936 bits per heavy atom. The molecule has 3 atom stereocenters. The van der Waals surface area contributed by atoms with Crippen LogP contribution in [0.5, 0.6) is 11.5 Å². The molecule has 0 amide bonds. The summed E-state index contributed by atoms with van der Waals surface area (Å²) >= 11 is 0. The quantitative estimate of drug-likeness (QED) is 0.0741. The average Bonchev–Trinajstić information content (AvgIpc) is 3.51. The molecular weight excluding hydrogens is 600 g/mol. The van der Waals surface area contributed by atoms with Crippen LogP contribution in [0, 0.1) is 6.92 Å². The molecule has 0 aliphatic carbocycles. The summed E-state index contributed by atoms with van der Waals surface area (Å²) < 4.78 is 37.8. The van der Waals surface area contributed by atoms with Crippen molar-refractivity contribution >= 4 is 0 Å². The largest absolute Gasteiger partial charge is 0.497 e. The number of nitrogens with one attached hydrogen (secondary N) is 1. The molecule has 1 saturated heterocycles. The minimum absolute atomic E-state index is 0.0503. The first kappa shape index (κ1) is 33.9. The lowest BCUT2D eigenvalue weighted by molar-refractivity contribution is -0.136. The molecule has 0 radical (unpaired) electrons. The molecule has 0 bridgehead atoms. The van der Waals surface area contributed by atoms with E-state index < -0.39 is 35.3 Å². The number of aromatic amines is 1. The van der Waals surface area contributed by atoms with Gasteiger partial charge in [0, 0.05) is 24.8 Å². The van der Waals surface area contributed by atoms with E-state index in [9.17, 15) is 9.59 Å². The SMILES string of the molecule is C=CCCCOCO[C@H]1C[C@H](n2cc(C)c(=O)[nH]c2=O)O[C@@H]1COC(c1ccccc1)(c1ccc(OC)cc1)c1ccc(OC)cc1. The maximum absolute atomic E-state index is 12.8. The molecule has 248 valence electrons. The second-order valence-electron chi connectivity index (χ2n) is 11.3. The third kappa shape index (κ3) is 7.74. The van der Waals surface area contributed by atoms with Crippen LogP contribution in [-0.2, 0) is 24.5 Å². The van der Waals surface area contributed by atoms with Crippen LogP contribution in [0.3, 0.4) is 0 Å². The second-order valence-corrected chi connectivity index (χ2v) is 11.3. The van der Waals surface area contributed by atoms with Crippen molar-refractivity contribution in [2.45, 2.75) is 50.2 Å². The van der Waals surface area contributed by atoms with E-state index >= 15 is 0 Å². The van der Waals surface area contributed by atoms with Crippen molar-refractivity contribution in [3.8, 4) is 11.5 Å². The van der Waals surface area contributed by atoms with E-state index in [1.54, 1.807) is 21.1 Å². The maximum atomic E-state index is 12.8. The zero-order chi connectivity index (χ0) is 33.2. The fraction of sp³-hybridized carbons (Fsp3) is 0.351. The highest BCUT2D eigenvalue weighted by Crippen LogP contribution is 2.43. The highest BCUT2D eigenvalue weighted by Gasteiger charge is 2.43. The number of unbranched alkanes of at least 4 members (excludes halogenated alkanes) is 1. The van der Waals surface area contributed by atoms with Gasteiger partial charge in [0.1, 0.15) is 36.2 Å². The van der Waals surface area contributed by atoms with Crippen molar-refractivity contribution < 1.29 is 28.4 Å². The molecule has 1 aromatic heterocycles. The van der Waals surface area contributed by atoms with Gasteiger partial charge in [-0.25, -0.2) is 4.79 Å². The summed E-state index contributed by atoms with van der Waals surface area (Å²) in [5.41, 5.74) is 0.995. The predicted molar refractivity (Wildman–Crippen MR) is 178 cm³/mol.